The number of nitrogens with one attached hydrogen (secondary N) is 1. The first-order chi connectivity index (χ1) is 16.3. The molecule has 0 radical (unpaired) electrons. The lowest BCUT2D eigenvalue weighted by atomic mass is 9.82. The lowest BCUT2D eigenvalue weighted by Crippen LogP contribution is -2.31. The molecule has 2 N–H and O–H groups in total. The maximum Gasteiger partial charge on any atom is 0.249 e. The van der Waals surface area contributed by atoms with E-state index in [0.29, 0.717) is 32.4 Å². The lowest BCUT2D eigenvalue weighted by Gasteiger charge is -2.30. The van der Waals surface area contributed by atoms with Gasteiger partial charge in [-0.1, -0.05) is 53.5 Å². The zero-order valence-corrected chi connectivity index (χ0v) is 20.0. The number of nitrogens with zero attached hydrogens (tertiary/aromatic N) is 2. The van der Waals surface area contributed by atoms with Crippen molar-refractivity contribution in [1.29, 1.82) is 0 Å². The van der Waals surface area contributed by atoms with Crippen molar-refractivity contribution >= 4 is 34.1 Å². The minimum atomic E-state index is -1.52. The molecule has 0 spiro atoms. The second kappa shape index (κ2) is 8.44. The largest absolute Gasteiger partial charge is 0.374 e. The van der Waals surface area contributed by atoms with Crippen LogP contribution in [0.5, 0.6) is 0 Å². The Bertz CT molecular complexity index is 1610. The molecule has 5 aromatic rings. The fourth-order valence-corrected chi connectivity index (χ4v) is 4.72. The number of imidazole rings is 1. The number of aromatic nitrogens is 3. The molecule has 0 amide bonds. The van der Waals surface area contributed by atoms with Gasteiger partial charge >= 0.3 is 0 Å². The van der Waals surface area contributed by atoms with Crippen LogP contribution in [0.2, 0.25) is 10.0 Å². The fourth-order valence-electron chi connectivity index (χ4n) is 4.41. The molecule has 170 valence electrons. The molecule has 5 nitrogen and oxygen atoms in total. The number of fused-ring (bicyclic) bond motifs is 1. The molecular formula is C27H21Cl2N3O2. The SMILES string of the molecule is Cc1cc(C(O)(c2ccc3[nH]c(=O)cc(-c4cccc(Cl)c4)c3c2)c2cncn2C)ccc1Cl. The summed E-state index contributed by atoms with van der Waals surface area (Å²) >= 11 is 12.5. The van der Waals surface area contributed by atoms with Crippen LogP contribution in [0.1, 0.15) is 22.4 Å². The molecule has 1 unspecified atom stereocenters. The van der Waals surface area contributed by atoms with Gasteiger partial charge in [0.15, 0.2) is 5.60 Å². The Morgan fingerprint density at radius 3 is 2.47 bits per heavy atom. The topological polar surface area (TPSA) is 70.9 Å². The van der Waals surface area contributed by atoms with E-state index in [1.807, 2.05) is 62.5 Å². The predicted octanol–water partition coefficient (Wildman–Crippen LogP) is 5.83. The second-order valence-corrected chi connectivity index (χ2v) is 9.23. The molecule has 2 heterocycles. The Morgan fingerprint density at radius 1 is 1.00 bits per heavy atom. The third kappa shape index (κ3) is 3.72. The van der Waals surface area contributed by atoms with E-state index in [1.54, 1.807) is 35.3 Å². The number of pyridine rings is 1. The van der Waals surface area contributed by atoms with Crippen molar-refractivity contribution in [3.63, 3.8) is 0 Å². The van der Waals surface area contributed by atoms with E-state index in [0.717, 1.165) is 22.1 Å². The molecule has 0 bridgehead atoms. The highest BCUT2D eigenvalue weighted by Gasteiger charge is 2.37. The van der Waals surface area contributed by atoms with E-state index in [1.165, 1.54) is 0 Å². The number of halogens is 2. The predicted molar refractivity (Wildman–Crippen MR) is 137 cm³/mol. The van der Waals surface area contributed by atoms with Crippen LogP contribution in [-0.2, 0) is 12.6 Å². The van der Waals surface area contributed by atoms with Gasteiger partial charge in [-0.2, -0.15) is 0 Å². The smallest absolute Gasteiger partial charge is 0.249 e. The summed E-state index contributed by atoms with van der Waals surface area (Å²) in [6, 6.07) is 19.9. The third-order valence-electron chi connectivity index (χ3n) is 6.16. The van der Waals surface area contributed by atoms with Crippen LogP contribution in [0, 0.1) is 6.92 Å². The molecule has 2 aromatic heterocycles. The minimum Gasteiger partial charge on any atom is -0.374 e. The maximum atomic E-state index is 12.4. The summed E-state index contributed by atoms with van der Waals surface area (Å²) in [5.74, 6) is 0. The highest BCUT2D eigenvalue weighted by molar-refractivity contribution is 6.31. The van der Waals surface area contributed by atoms with Crippen LogP contribution < -0.4 is 5.56 Å². The Labute approximate surface area is 206 Å². The molecule has 0 fully saturated rings. The number of H-pyrrole nitrogens is 1. The van der Waals surface area contributed by atoms with Crippen LogP contribution >= 0.6 is 23.2 Å². The summed E-state index contributed by atoms with van der Waals surface area (Å²) in [5.41, 5.74) is 3.20. The number of rotatable bonds is 4. The first kappa shape index (κ1) is 22.4. The van der Waals surface area contributed by atoms with Gasteiger partial charge in [0.05, 0.1) is 18.2 Å². The normalized spacial score (nSPS) is 13.2. The van der Waals surface area contributed by atoms with E-state index in [9.17, 15) is 9.90 Å². The molecule has 0 aliphatic rings. The number of hydrogen-bond acceptors (Lipinski definition) is 3. The summed E-state index contributed by atoms with van der Waals surface area (Å²) in [7, 11) is 1.84. The van der Waals surface area contributed by atoms with E-state index >= 15 is 0 Å². The first-order valence-electron chi connectivity index (χ1n) is 10.7. The van der Waals surface area contributed by atoms with Crippen LogP contribution in [0.15, 0.2) is 84.0 Å². The molecule has 0 aliphatic heterocycles. The van der Waals surface area contributed by atoms with Crippen molar-refractivity contribution < 1.29 is 5.11 Å². The van der Waals surface area contributed by atoms with Gasteiger partial charge in [-0.25, -0.2) is 4.98 Å². The van der Waals surface area contributed by atoms with Gasteiger partial charge < -0.3 is 14.7 Å². The standard InChI is InChI=1S/C27H21Cl2N3O2/c1-16-10-18(6-8-23(16)29)27(34,25-14-30-15-32(25)2)19-7-9-24-22(12-19)21(13-26(33)31-24)17-4-3-5-20(28)11-17/h3-15,34H,1-2H3,(H,31,33). The van der Waals surface area contributed by atoms with Crippen molar-refractivity contribution in [2.75, 3.05) is 0 Å². The Balaban J connectivity index is 1.82. The maximum absolute atomic E-state index is 12.4. The molecular weight excluding hydrogens is 469 g/mol. The zero-order valence-electron chi connectivity index (χ0n) is 18.5. The van der Waals surface area contributed by atoms with Crippen LogP contribution in [0.25, 0.3) is 22.0 Å². The van der Waals surface area contributed by atoms with E-state index in [2.05, 4.69) is 9.97 Å². The average molecular weight is 490 g/mol. The van der Waals surface area contributed by atoms with Crippen LogP contribution in [0.3, 0.4) is 0 Å². The van der Waals surface area contributed by atoms with Gasteiger partial charge in [-0.3, -0.25) is 4.79 Å². The summed E-state index contributed by atoms with van der Waals surface area (Å²) < 4.78 is 1.79. The second-order valence-electron chi connectivity index (χ2n) is 8.38. The molecule has 5 rings (SSSR count). The van der Waals surface area contributed by atoms with Gasteiger partial charge in [0.2, 0.25) is 5.56 Å². The monoisotopic (exact) mass is 489 g/mol. The van der Waals surface area contributed by atoms with Crippen molar-refractivity contribution in [3.05, 3.63) is 122 Å². The summed E-state index contributed by atoms with van der Waals surface area (Å²) in [6.45, 7) is 1.90. The van der Waals surface area contributed by atoms with E-state index in [-0.39, 0.29) is 5.56 Å². The third-order valence-corrected chi connectivity index (χ3v) is 6.82. The zero-order chi connectivity index (χ0) is 24.0. The molecule has 0 saturated carbocycles. The number of hydrogen-bond donors (Lipinski definition) is 2. The number of aromatic amines is 1. The van der Waals surface area contributed by atoms with Gasteiger partial charge in [-0.05, 0) is 65.1 Å². The Hall–Kier alpha value is -3.38. The summed E-state index contributed by atoms with van der Waals surface area (Å²) in [5, 5.41) is 14.3. The average Bonchev–Trinajstić information content (AvgIpc) is 3.26. The van der Waals surface area contributed by atoms with Gasteiger partial charge in [0.25, 0.3) is 0 Å². The van der Waals surface area contributed by atoms with Crippen molar-refractivity contribution in [2.45, 2.75) is 12.5 Å². The van der Waals surface area contributed by atoms with Gasteiger partial charge in [0, 0.05) is 34.1 Å². The van der Waals surface area contributed by atoms with Gasteiger partial charge in [0.1, 0.15) is 0 Å². The van der Waals surface area contributed by atoms with Gasteiger partial charge in [-0.15, -0.1) is 0 Å². The lowest BCUT2D eigenvalue weighted by molar-refractivity contribution is 0.117. The molecule has 34 heavy (non-hydrogen) atoms. The fraction of sp³-hybridized carbons (Fsp3) is 0.111. The summed E-state index contributed by atoms with van der Waals surface area (Å²) in [4.78, 5) is 19.5. The molecule has 7 heteroatoms. The molecule has 0 aliphatic carbocycles. The van der Waals surface area contributed by atoms with E-state index < -0.39 is 5.60 Å². The highest BCUT2D eigenvalue weighted by atomic mass is 35.5. The Kier molecular flexibility index (Phi) is 5.56. The van der Waals surface area contributed by atoms with Crippen molar-refractivity contribution in [3.8, 4) is 11.1 Å². The van der Waals surface area contributed by atoms with Crippen LogP contribution in [-0.4, -0.2) is 19.6 Å². The Morgan fingerprint density at radius 2 is 1.76 bits per heavy atom. The summed E-state index contributed by atoms with van der Waals surface area (Å²) in [6.07, 6.45) is 3.30. The van der Waals surface area contributed by atoms with Crippen LogP contribution in [0.4, 0.5) is 0 Å². The number of aryl methyl sites for hydroxylation is 2. The molecule has 1 atom stereocenters. The quantitative estimate of drug-likeness (QED) is 0.333. The first-order valence-corrected chi connectivity index (χ1v) is 11.4. The minimum absolute atomic E-state index is 0.217. The molecule has 0 saturated heterocycles. The van der Waals surface area contributed by atoms with E-state index in [4.69, 9.17) is 23.2 Å². The molecule has 3 aromatic carbocycles. The number of benzene rings is 3. The van der Waals surface area contributed by atoms with Crippen molar-refractivity contribution in [1.82, 2.24) is 14.5 Å². The van der Waals surface area contributed by atoms with Crippen molar-refractivity contribution in [2.24, 2.45) is 7.05 Å². The number of aliphatic hydroxyl groups is 1. The highest BCUT2D eigenvalue weighted by Crippen LogP contribution is 2.40.